The molecule has 4 rings (SSSR count). The normalized spacial score (nSPS) is 22.4. The Morgan fingerprint density at radius 2 is 1.94 bits per heavy atom. The summed E-state index contributed by atoms with van der Waals surface area (Å²) in [7, 11) is 0. The van der Waals surface area contributed by atoms with E-state index in [1.165, 1.54) is 0 Å². The Balaban J connectivity index is 1.38. The molecule has 1 aliphatic heterocycles. The predicted octanol–water partition coefficient (Wildman–Crippen LogP) is 5.31. The Morgan fingerprint density at radius 3 is 2.65 bits per heavy atom. The molecule has 0 unspecified atom stereocenters. The number of aryl methyl sites for hydroxylation is 1. The molecule has 1 aromatic carbocycles. The fourth-order valence-corrected chi connectivity index (χ4v) is 5.40. The number of amides is 2. The van der Waals surface area contributed by atoms with Crippen molar-refractivity contribution in [2.45, 2.75) is 57.9 Å². The average molecular weight is 460 g/mol. The SMILES string of the molecule is Cc1ncc(Cl)cc1C(=O)NC1CCC(CN2C(=O)C(C)(C)c3c(Cl)cccc32)CC1. The van der Waals surface area contributed by atoms with E-state index in [4.69, 9.17) is 23.2 Å². The van der Waals surface area contributed by atoms with Gasteiger partial charge in [0.05, 0.1) is 21.7 Å². The number of benzene rings is 1. The van der Waals surface area contributed by atoms with Gasteiger partial charge in [-0.2, -0.15) is 0 Å². The van der Waals surface area contributed by atoms with Gasteiger partial charge in [-0.15, -0.1) is 0 Å². The van der Waals surface area contributed by atoms with Crippen LogP contribution in [-0.4, -0.2) is 29.4 Å². The Kier molecular flexibility index (Phi) is 6.01. The van der Waals surface area contributed by atoms with Gasteiger partial charge < -0.3 is 10.2 Å². The summed E-state index contributed by atoms with van der Waals surface area (Å²) in [5.41, 5.74) is 2.44. The van der Waals surface area contributed by atoms with Crippen molar-refractivity contribution in [3.8, 4) is 0 Å². The first-order valence-corrected chi connectivity index (χ1v) is 11.5. The molecule has 1 N–H and O–H groups in total. The van der Waals surface area contributed by atoms with Crippen LogP contribution in [0.1, 0.15) is 61.1 Å². The molecule has 164 valence electrons. The lowest BCUT2D eigenvalue weighted by atomic mass is 9.85. The first-order chi connectivity index (χ1) is 14.7. The van der Waals surface area contributed by atoms with Crippen LogP contribution in [0, 0.1) is 12.8 Å². The summed E-state index contributed by atoms with van der Waals surface area (Å²) in [4.78, 5) is 31.9. The first-order valence-electron chi connectivity index (χ1n) is 10.7. The Hall–Kier alpha value is -2.11. The largest absolute Gasteiger partial charge is 0.349 e. The zero-order chi connectivity index (χ0) is 22.3. The van der Waals surface area contributed by atoms with Crippen LogP contribution >= 0.6 is 23.2 Å². The van der Waals surface area contributed by atoms with Gasteiger partial charge in [0.2, 0.25) is 5.91 Å². The quantitative estimate of drug-likeness (QED) is 0.673. The van der Waals surface area contributed by atoms with E-state index < -0.39 is 5.41 Å². The molecule has 2 aliphatic rings. The Morgan fingerprint density at radius 1 is 1.23 bits per heavy atom. The monoisotopic (exact) mass is 459 g/mol. The number of carbonyl (C=O) groups is 2. The van der Waals surface area contributed by atoms with E-state index in [-0.39, 0.29) is 17.9 Å². The molecule has 31 heavy (non-hydrogen) atoms. The number of nitrogens with one attached hydrogen (secondary N) is 1. The molecule has 2 amide bonds. The molecule has 1 aliphatic carbocycles. The lowest BCUT2D eigenvalue weighted by Gasteiger charge is -2.32. The van der Waals surface area contributed by atoms with Crippen LogP contribution in [0.4, 0.5) is 5.69 Å². The second kappa shape index (κ2) is 8.44. The predicted molar refractivity (Wildman–Crippen MR) is 124 cm³/mol. The highest BCUT2D eigenvalue weighted by Crippen LogP contribution is 2.46. The van der Waals surface area contributed by atoms with Gasteiger partial charge in [0.1, 0.15) is 0 Å². The van der Waals surface area contributed by atoms with Crippen molar-refractivity contribution in [1.82, 2.24) is 10.3 Å². The molecule has 0 atom stereocenters. The van der Waals surface area contributed by atoms with E-state index in [1.807, 2.05) is 36.9 Å². The number of nitrogens with zero attached hydrogens (tertiary/aromatic N) is 2. The summed E-state index contributed by atoms with van der Waals surface area (Å²) >= 11 is 12.4. The third kappa shape index (κ3) is 4.18. The molecule has 2 aromatic rings. The average Bonchev–Trinajstić information content (AvgIpc) is 2.92. The fourth-order valence-electron chi connectivity index (χ4n) is 4.84. The number of hydrogen-bond acceptors (Lipinski definition) is 3. The second-order valence-corrected chi connectivity index (χ2v) is 10.00. The summed E-state index contributed by atoms with van der Waals surface area (Å²) in [6, 6.07) is 7.52. The van der Waals surface area contributed by atoms with Gasteiger partial charge in [-0.25, -0.2) is 0 Å². The smallest absolute Gasteiger partial charge is 0.253 e. The van der Waals surface area contributed by atoms with Gasteiger partial charge in [-0.3, -0.25) is 14.6 Å². The molecule has 1 fully saturated rings. The maximum Gasteiger partial charge on any atom is 0.253 e. The second-order valence-electron chi connectivity index (χ2n) is 9.15. The van der Waals surface area contributed by atoms with Gasteiger partial charge >= 0.3 is 0 Å². The summed E-state index contributed by atoms with van der Waals surface area (Å²) in [6.07, 6.45) is 5.23. The van der Waals surface area contributed by atoms with Crippen LogP contribution in [-0.2, 0) is 10.2 Å². The molecule has 2 heterocycles. The molecular formula is C24H27Cl2N3O2. The number of rotatable bonds is 4. The van der Waals surface area contributed by atoms with Crippen LogP contribution < -0.4 is 10.2 Å². The van der Waals surface area contributed by atoms with Crippen LogP contribution in [0.2, 0.25) is 10.0 Å². The maximum atomic E-state index is 13.1. The van der Waals surface area contributed by atoms with E-state index in [0.29, 0.717) is 33.8 Å². The third-order valence-electron chi connectivity index (χ3n) is 6.61. The maximum absolute atomic E-state index is 13.1. The number of halogens is 2. The van der Waals surface area contributed by atoms with E-state index in [2.05, 4.69) is 10.3 Å². The standard InChI is InChI=1S/C24H27Cl2N3O2/c1-14-18(11-16(25)12-27-14)22(30)28-17-9-7-15(8-10-17)13-29-20-6-4-5-19(26)21(20)24(2,3)23(29)31/h4-6,11-12,15,17H,7-10,13H2,1-3H3,(H,28,30). The fraction of sp³-hybridized carbons (Fsp3) is 0.458. The lowest BCUT2D eigenvalue weighted by Crippen LogP contribution is -2.42. The van der Waals surface area contributed by atoms with E-state index in [1.54, 1.807) is 19.2 Å². The van der Waals surface area contributed by atoms with Gasteiger partial charge in [-0.05, 0) is 70.6 Å². The van der Waals surface area contributed by atoms with Crippen molar-refractivity contribution in [3.05, 3.63) is 57.3 Å². The molecule has 0 spiro atoms. The topological polar surface area (TPSA) is 62.3 Å². The molecule has 1 saturated carbocycles. The van der Waals surface area contributed by atoms with Crippen LogP contribution in [0.3, 0.4) is 0 Å². The Bertz CT molecular complexity index is 1030. The lowest BCUT2D eigenvalue weighted by molar-refractivity contribution is -0.122. The molecule has 0 radical (unpaired) electrons. The molecular weight excluding hydrogens is 433 g/mol. The molecule has 1 aromatic heterocycles. The van der Waals surface area contributed by atoms with Gasteiger partial charge in [-0.1, -0.05) is 29.3 Å². The number of fused-ring (bicyclic) bond motifs is 1. The van der Waals surface area contributed by atoms with Crippen molar-refractivity contribution in [2.24, 2.45) is 5.92 Å². The molecule has 0 saturated heterocycles. The number of pyridine rings is 1. The first kappa shape index (κ1) is 22.1. The zero-order valence-corrected chi connectivity index (χ0v) is 19.6. The number of hydrogen-bond donors (Lipinski definition) is 1. The van der Waals surface area contributed by atoms with Crippen molar-refractivity contribution in [3.63, 3.8) is 0 Å². The summed E-state index contributed by atoms with van der Waals surface area (Å²) < 4.78 is 0. The number of anilines is 1. The van der Waals surface area contributed by atoms with Crippen molar-refractivity contribution >= 4 is 40.7 Å². The summed E-state index contributed by atoms with van der Waals surface area (Å²) in [5.74, 6) is 0.373. The summed E-state index contributed by atoms with van der Waals surface area (Å²) in [6.45, 7) is 6.38. The molecule has 0 bridgehead atoms. The van der Waals surface area contributed by atoms with Gasteiger partial charge in [0.15, 0.2) is 0 Å². The third-order valence-corrected chi connectivity index (χ3v) is 7.13. The van der Waals surface area contributed by atoms with Crippen LogP contribution in [0.15, 0.2) is 30.5 Å². The molecule has 7 heteroatoms. The minimum atomic E-state index is -0.609. The van der Waals surface area contributed by atoms with E-state index in [0.717, 1.165) is 36.9 Å². The zero-order valence-electron chi connectivity index (χ0n) is 18.0. The van der Waals surface area contributed by atoms with Crippen molar-refractivity contribution in [2.75, 3.05) is 11.4 Å². The number of carbonyl (C=O) groups excluding carboxylic acids is 2. The number of aromatic nitrogens is 1. The van der Waals surface area contributed by atoms with Gasteiger partial charge in [0, 0.05) is 35.1 Å². The van der Waals surface area contributed by atoms with E-state index >= 15 is 0 Å². The minimum Gasteiger partial charge on any atom is -0.349 e. The highest BCUT2D eigenvalue weighted by atomic mass is 35.5. The van der Waals surface area contributed by atoms with Crippen molar-refractivity contribution in [1.29, 1.82) is 0 Å². The highest BCUT2D eigenvalue weighted by molar-refractivity contribution is 6.33. The van der Waals surface area contributed by atoms with Crippen molar-refractivity contribution < 1.29 is 9.59 Å². The summed E-state index contributed by atoms with van der Waals surface area (Å²) in [5, 5.41) is 4.23. The van der Waals surface area contributed by atoms with Crippen LogP contribution in [0.5, 0.6) is 0 Å². The van der Waals surface area contributed by atoms with E-state index in [9.17, 15) is 9.59 Å². The van der Waals surface area contributed by atoms with Gasteiger partial charge in [0.25, 0.3) is 5.91 Å². The Labute approximate surface area is 193 Å². The molecule has 5 nitrogen and oxygen atoms in total. The highest BCUT2D eigenvalue weighted by Gasteiger charge is 2.45. The minimum absolute atomic E-state index is 0.106. The van der Waals surface area contributed by atoms with Crippen LogP contribution in [0.25, 0.3) is 0 Å².